The molecule has 0 radical (unpaired) electrons. The van der Waals surface area contributed by atoms with Gasteiger partial charge in [-0.1, -0.05) is 13.8 Å². The van der Waals surface area contributed by atoms with Crippen molar-refractivity contribution in [2.24, 2.45) is 5.92 Å². The first-order valence-electron chi connectivity index (χ1n) is 8.11. The van der Waals surface area contributed by atoms with Crippen LogP contribution >= 0.6 is 0 Å². The maximum absolute atomic E-state index is 12.3. The minimum atomic E-state index is -0.104. The number of carbonyl (C=O) groups is 1. The summed E-state index contributed by atoms with van der Waals surface area (Å²) < 4.78 is 7.09. The van der Waals surface area contributed by atoms with Gasteiger partial charge in [0.1, 0.15) is 5.75 Å². The van der Waals surface area contributed by atoms with Gasteiger partial charge in [0.15, 0.2) is 5.69 Å². The minimum absolute atomic E-state index is 0.104. The molecule has 5 heteroatoms. The summed E-state index contributed by atoms with van der Waals surface area (Å²) in [5.41, 5.74) is 2.56. The Labute approximate surface area is 136 Å². The van der Waals surface area contributed by atoms with E-state index in [1.165, 1.54) is 0 Å². The van der Waals surface area contributed by atoms with Crippen LogP contribution in [-0.4, -0.2) is 29.3 Å². The maximum atomic E-state index is 12.3. The first kappa shape index (κ1) is 15.6. The van der Waals surface area contributed by atoms with E-state index in [4.69, 9.17) is 4.74 Å². The van der Waals surface area contributed by atoms with Crippen LogP contribution in [0.1, 0.15) is 48.8 Å². The summed E-state index contributed by atoms with van der Waals surface area (Å²) in [6.07, 6.45) is 2.32. The number of methoxy groups -OCH3 is 1. The van der Waals surface area contributed by atoms with Crippen LogP contribution in [0.4, 0.5) is 0 Å². The molecule has 23 heavy (non-hydrogen) atoms. The topological polar surface area (TPSA) is 56.2 Å². The minimum Gasteiger partial charge on any atom is -0.497 e. The van der Waals surface area contributed by atoms with Gasteiger partial charge in [-0.3, -0.25) is 4.79 Å². The molecule has 1 fully saturated rings. The van der Waals surface area contributed by atoms with Crippen LogP contribution in [0.5, 0.6) is 5.75 Å². The van der Waals surface area contributed by atoms with E-state index in [0.717, 1.165) is 30.0 Å². The van der Waals surface area contributed by atoms with Crippen molar-refractivity contribution >= 4 is 5.91 Å². The lowest BCUT2D eigenvalue weighted by molar-refractivity contribution is 0.0943. The third kappa shape index (κ3) is 3.55. The van der Waals surface area contributed by atoms with E-state index in [-0.39, 0.29) is 5.91 Å². The molecule has 5 nitrogen and oxygen atoms in total. The van der Waals surface area contributed by atoms with E-state index in [9.17, 15) is 4.79 Å². The zero-order valence-corrected chi connectivity index (χ0v) is 13.9. The van der Waals surface area contributed by atoms with Gasteiger partial charge in [-0.05, 0) is 49.1 Å². The van der Waals surface area contributed by atoms with Crippen LogP contribution in [0.15, 0.2) is 30.3 Å². The molecule has 2 aromatic rings. The van der Waals surface area contributed by atoms with Gasteiger partial charge in [0.05, 0.1) is 12.8 Å². The molecule has 1 aliphatic rings. The number of nitrogens with one attached hydrogen (secondary N) is 1. The first-order chi connectivity index (χ1) is 11.1. The molecule has 0 unspecified atom stereocenters. The number of rotatable bonds is 6. The third-order valence-corrected chi connectivity index (χ3v) is 3.95. The monoisotopic (exact) mass is 313 g/mol. The molecule has 0 atom stereocenters. The number of carbonyl (C=O) groups excluding carboxylic acids is 1. The highest BCUT2D eigenvalue weighted by atomic mass is 16.5. The molecule has 1 aliphatic carbocycles. The molecular formula is C18H23N3O2. The highest BCUT2D eigenvalue weighted by molar-refractivity contribution is 5.92. The number of ether oxygens (including phenoxy) is 1. The van der Waals surface area contributed by atoms with Crippen molar-refractivity contribution in [1.82, 2.24) is 15.1 Å². The molecule has 1 N–H and O–H groups in total. The van der Waals surface area contributed by atoms with E-state index >= 15 is 0 Å². The number of amides is 1. The van der Waals surface area contributed by atoms with E-state index < -0.39 is 0 Å². The molecule has 0 spiro atoms. The second-order valence-electron chi connectivity index (χ2n) is 6.44. The van der Waals surface area contributed by atoms with Crippen molar-refractivity contribution in [3.63, 3.8) is 0 Å². The summed E-state index contributed by atoms with van der Waals surface area (Å²) in [5.74, 6) is 1.64. The first-order valence-corrected chi connectivity index (χ1v) is 8.11. The molecule has 3 rings (SSSR count). The van der Waals surface area contributed by atoms with Crippen molar-refractivity contribution in [1.29, 1.82) is 0 Å². The Balaban J connectivity index is 1.88. The summed E-state index contributed by atoms with van der Waals surface area (Å²) >= 11 is 0. The van der Waals surface area contributed by atoms with Crippen molar-refractivity contribution in [2.45, 2.75) is 32.6 Å². The third-order valence-electron chi connectivity index (χ3n) is 3.95. The average Bonchev–Trinajstić information content (AvgIpc) is 3.31. The van der Waals surface area contributed by atoms with E-state index in [1.54, 1.807) is 7.11 Å². The fourth-order valence-electron chi connectivity index (χ4n) is 2.49. The van der Waals surface area contributed by atoms with Crippen LogP contribution in [0.25, 0.3) is 5.69 Å². The second-order valence-corrected chi connectivity index (χ2v) is 6.44. The molecule has 1 heterocycles. The zero-order chi connectivity index (χ0) is 16.4. The van der Waals surface area contributed by atoms with Gasteiger partial charge >= 0.3 is 0 Å². The molecule has 1 aromatic carbocycles. The number of hydrogen-bond acceptors (Lipinski definition) is 3. The molecule has 122 valence electrons. The predicted molar refractivity (Wildman–Crippen MR) is 89.3 cm³/mol. The molecule has 1 aromatic heterocycles. The van der Waals surface area contributed by atoms with E-state index in [0.29, 0.717) is 24.1 Å². The standard InChI is InChI=1S/C18H23N3O2/c1-12(2)11-19-18(22)16-10-17(13-4-5-13)21(20-16)14-6-8-15(23-3)9-7-14/h6-10,12-13H,4-5,11H2,1-3H3,(H,19,22). The normalized spacial score (nSPS) is 14.1. The summed E-state index contributed by atoms with van der Waals surface area (Å²) in [6.45, 7) is 4.81. The average molecular weight is 313 g/mol. The Morgan fingerprint density at radius 1 is 1.35 bits per heavy atom. The molecule has 0 aliphatic heterocycles. The number of hydrogen-bond donors (Lipinski definition) is 1. The SMILES string of the molecule is COc1ccc(-n2nc(C(=O)NCC(C)C)cc2C2CC2)cc1. The molecule has 1 amide bonds. The van der Waals surface area contributed by atoms with Crippen molar-refractivity contribution in [2.75, 3.05) is 13.7 Å². The van der Waals surface area contributed by atoms with E-state index in [1.807, 2.05) is 35.0 Å². The van der Waals surface area contributed by atoms with Crippen LogP contribution in [0.3, 0.4) is 0 Å². The molecular weight excluding hydrogens is 290 g/mol. The van der Waals surface area contributed by atoms with Gasteiger partial charge in [-0.15, -0.1) is 0 Å². The summed E-state index contributed by atoms with van der Waals surface area (Å²) in [5, 5.41) is 7.47. The Morgan fingerprint density at radius 3 is 2.61 bits per heavy atom. The second kappa shape index (κ2) is 6.44. The Morgan fingerprint density at radius 2 is 2.04 bits per heavy atom. The van der Waals surface area contributed by atoms with Crippen molar-refractivity contribution in [3.05, 3.63) is 41.7 Å². The predicted octanol–water partition coefficient (Wildman–Crippen LogP) is 3.14. The maximum Gasteiger partial charge on any atom is 0.271 e. The largest absolute Gasteiger partial charge is 0.497 e. The molecule has 0 saturated heterocycles. The van der Waals surface area contributed by atoms with Gasteiger partial charge in [-0.2, -0.15) is 5.10 Å². The van der Waals surface area contributed by atoms with Gasteiger partial charge in [0, 0.05) is 18.2 Å². The highest BCUT2D eigenvalue weighted by Crippen LogP contribution is 2.41. The Kier molecular flexibility index (Phi) is 4.37. The Hall–Kier alpha value is -2.30. The number of nitrogens with zero attached hydrogens (tertiary/aromatic N) is 2. The van der Waals surface area contributed by atoms with Crippen LogP contribution in [0.2, 0.25) is 0 Å². The van der Waals surface area contributed by atoms with Crippen molar-refractivity contribution in [3.8, 4) is 11.4 Å². The highest BCUT2D eigenvalue weighted by Gasteiger charge is 2.29. The lowest BCUT2D eigenvalue weighted by Crippen LogP contribution is -2.27. The molecule has 0 bridgehead atoms. The van der Waals surface area contributed by atoms with Gasteiger partial charge < -0.3 is 10.1 Å². The summed E-state index contributed by atoms with van der Waals surface area (Å²) in [4.78, 5) is 12.3. The fraction of sp³-hybridized carbons (Fsp3) is 0.444. The number of benzene rings is 1. The van der Waals surface area contributed by atoms with E-state index in [2.05, 4.69) is 24.3 Å². The lowest BCUT2D eigenvalue weighted by Gasteiger charge is -2.07. The van der Waals surface area contributed by atoms with Gasteiger partial charge in [0.25, 0.3) is 5.91 Å². The summed E-state index contributed by atoms with van der Waals surface area (Å²) in [6, 6.07) is 9.68. The smallest absolute Gasteiger partial charge is 0.271 e. The van der Waals surface area contributed by atoms with Crippen molar-refractivity contribution < 1.29 is 9.53 Å². The van der Waals surface area contributed by atoms with Crippen LogP contribution < -0.4 is 10.1 Å². The number of aromatic nitrogens is 2. The van der Waals surface area contributed by atoms with Gasteiger partial charge in [0.2, 0.25) is 0 Å². The lowest BCUT2D eigenvalue weighted by atomic mass is 10.2. The summed E-state index contributed by atoms with van der Waals surface area (Å²) in [7, 11) is 1.65. The van der Waals surface area contributed by atoms with Crippen LogP contribution in [-0.2, 0) is 0 Å². The molecule has 1 saturated carbocycles. The quantitative estimate of drug-likeness (QED) is 0.891. The fourth-order valence-corrected chi connectivity index (χ4v) is 2.49. The Bertz CT molecular complexity index is 685. The van der Waals surface area contributed by atoms with Crippen LogP contribution in [0, 0.1) is 5.92 Å². The zero-order valence-electron chi connectivity index (χ0n) is 13.9. The van der Waals surface area contributed by atoms with Gasteiger partial charge in [-0.25, -0.2) is 4.68 Å².